The van der Waals surface area contributed by atoms with Crippen molar-refractivity contribution in [2.24, 2.45) is 0 Å². The Bertz CT molecular complexity index is 556. The van der Waals surface area contributed by atoms with Crippen LogP contribution in [0.4, 0.5) is 0 Å². The van der Waals surface area contributed by atoms with Crippen molar-refractivity contribution in [2.45, 2.75) is 51.2 Å². The minimum atomic E-state index is -0.765. The Morgan fingerprint density at radius 2 is 1.89 bits per heavy atom. The molecule has 1 saturated carbocycles. The summed E-state index contributed by atoms with van der Waals surface area (Å²) in [6.07, 6.45) is 7.47. The van der Waals surface area contributed by atoms with E-state index < -0.39 is 5.60 Å². The van der Waals surface area contributed by atoms with Crippen LogP contribution in [0.1, 0.15) is 51.1 Å². The van der Waals surface area contributed by atoms with E-state index in [1.54, 1.807) is 0 Å². The second-order valence-corrected chi connectivity index (χ2v) is 5.99. The van der Waals surface area contributed by atoms with Gasteiger partial charge in [-0.1, -0.05) is 25.0 Å². The van der Waals surface area contributed by atoms with Crippen LogP contribution in [0.15, 0.2) is 30.5 Å². The fourth-order valence-corrected chi connectivity index (χ4v) is 3.03. The van der Waals surface area contributed by atoms with Crippen LogP contribution in [0.25, 0.3) is 10.9 Å². The van der Waals surface area contributed by atoms with Crippen LogP contribution in [0.3, 0.4) is 0 Å². The van der Waals surface area contributed by atoms with Crippen molar-refractivity contribution in [3.63, 3.8) is 0 Å². The van der Waals surface area contributed by atoms with E-state index in [2.05, 4.69) is 29.0 Å². The second kappa shape index (κ2) is 4.13. The molecule has 0 atom stereocenters. The van der Waals surface area contributed by atoms with Gasteiger partial charge in [0, 0.05) is 17.8 Å². The number of benzene rings is 1. The SMILES string of the molecule is CC(C)(O)c1ccc2ccn(C3CCCC3)c2c1. The summed E-state index contributed by atoms with van der Waals surface area (Å²) in [7, 11) is 0. The maximum absolute atomic E-state index is 10.1. The van der Waals surface area contributed by atoms with Gasteiger partial charge in [-0.25, -0.2) is 0 Å². The predicted octanol–water partition coefficient (Wildman–Crippen LogP) is 3.98. The molecule has 2 aromatic rings. The van der Waals surface area contributed by atoms with Gasteiger partial charge < -0.3 is 9.67 Å². The number of hydrogen-bond donors (Lipinski definition) is 1. The van der Waals surface area contributed by atoms with E-state index in [1.807, 2.05) is 19.9 Å². The zero-order valence-corrected chi connectivity index (χ0v) is 11.2. The van der Waals surface area contributed by atoms with E-state index in [0.717, 1.165) is 5.56 Å². The molecule has 3 rings (SSSR count). The predicted molar refractivity (Wildman–Crippen MR) is 74.7 cm³/mol. The molecule has 1 heterocycles. The zero-order chi connectivity index (χ0) is 12.8. The van der Waals surface area contributed by atoms with E-state index >= 15 is 0 Å². The standard InChI is InChI=1S/C16H21NO/c1-16(2,18)13-8-7-12-9-10-17(15(12)11-13)14-5-3-4-6-14/h7-11,14,18H,3-6H2,1-2H3. The minimum absolute atomic E-state index is 0.652. The number of fused-ring (bicyclic) bond motifs is 1. The second-order valence-electron chi connectivity index (χ2n) is 5.99. The summed E-state index contributed by atoms with van der Waals surface area (Å²) in [5.41, 5.74) is 1.49. The lowest BCUT2D eigenvalue weighted by Gasteiger charge is -2.19. The average Bonchev–Trinajstić information content (AvgIpc) is 2.95. The normalized spacial score (nSPS) is 17.7. The molecule has 0 bridgehead atoms. The first-order valence-electron chi connectivity index (χ1n) is 6.89. The third-order valence-electron chi connectivity index (χ3n) is 4.15. The van der Waals surface area contributed by atoms with Gasteiger partial charge in [0.15, 0.2) is 0 Å². The molecule has 1 aromatic carbocycles. The Morgan fingerprint density at radius 1 is 1.17 bits per heavy atom. The van der Waals surface area contributed by atoms with E-state index in [4.69, 9.17) is 0 Å². The van der Waals surface area contributed by atoms with Crippen molar-refractivity contribution in [3.05, 3.63) is 36.0 Å². The highest BCUT2D eigenvalue weighted by Gasteiger charge is 2.20. The highest BCUT2D eigenvalue weighted by atomic mass is 16.3. The van der Waals surface area contributed by atoms with E-state index in [-0.39, 0.29) is 0 Å². The molecule has 1 aliphatic carbocycles. The molecule has 0 radical (unpaired) electrons. The molecule has 0 unspecified atom stereocenters. The molecule has 18 heavy (non-hydrogen) atoms. The Balaban J connectivity index is 2.10. The number of rotatable bonds is 2. The molecule has 1 aliphatic rings. The molecule has 0 saturated heterocycles. The van der Waals surface area contributed by atoms with Gasteiger partial charge in [-0.15, -0.1) is 0 Å². The van der Waals surface area contributed by atoms with Crippen LogP contribution in [-0.2, 0) is 5.60 Å². The minimum Gasteiger partial charge on any atom is -0.386 e. The maximum atomic E-state index is 10.1. The van der Waals surface area contributed by atoms with Crippen molar-refractivity contribution in [1.82, 2.24) is 4.57 Å². The van der Waals surface area contributed by atoms with Crippen LogP contribution >= 0.6 is 0 Å². The Morgan fingerprint density at radius 3 is 2.56 bits per heavy atom. The van der Waals surface area contributed by atoms with Gasteiger partial charge >= 0.3 is 0 Å². The van der Waals surface area contributed by atoms with Crippen molar-refractivity contribution in [3.8, 4) is 0 Å². The summed E-state index contributed by atoms with van der Waals surface area (Å²) in [5.74, 6) is 0. The molecule has 1 N–H and O–H groups in total. The topological polar surface area (TPSA) is 25.2 Å². The van der Waals surface area contributed by atoms with Gasteiger partial charge in [-0.05, 0) is 49.8 Å². The maximum Gasteiger partial charge on any atom is 0.0841 e. The smallest absolute Gasteiger partial charge is 0.0841 e. The highest BCUT2D eigenvalue weighted by Crippen LogP contribution is 2.34. The van der Waals surface area contributed by atoms with Gasteiger partial charge in [-0.2, -0.15) is 0 Å². The molecular formula is C16H21NO. The van der Waals surface area contributed by atoms with Gasteiger partial charge in [0.25, 0.3) is 0 Å². The van der Waals surface area contributed by atoms with Gasteiger partial charge in [0.1, 0.15) is 0 Å². The van der Waals surface area contributed by atoms with Crippen LogP contribution in [0.5, 0.6) is 0 Å². The molecule has 2 nitrogen and oxygen atoms in total. The summed E-state index contributed by atoms with van der Waals surface area (Å²) in [6.45, 7) is 3.69. The summed E-state index contributed by atoms with van der Waals surface area (Å²) in [5, 5.41) is 11.4. The summed E-state index contributed by atoms with van der Waals surface area (Å²) in [4.78, 5) is 0. The average molecular weight is 243 g/mol. The van der Waals surface area contributed by atoms with Crippen LogP contribution < -0.4 is 0 Å². The lowest BCUT2D eigenvalue weighted by atomic mass is 9.97. The fourth-order valence-electron chi connectivity index (χ4n) is 3.03. The third kappa shape index (κ3) is 1.95. The van der Waals surface area contributed by atoms with Crippen molar-refractivity contribution in [1.29, 1.82) is 0 Å². The first-order valence-corrected chi connectivity index (χ1v) is 6.89. The van der Waals surface area contributed by atoms with Crippen LogP contribution in [-0.4, -0.2) is 9.67 Å². The molecule has 2 heteroatoms. The quantitative estimate of drug-likeness (QED) is 0.847. The van der Waals surface area contributed by atoms with Crippen molar-refractivity contribution >= 4 is 10.9 Å². The molecule has 0 amide bonds. The third-order valence-corrected chi connectivity index (χ3v) is 4.15. The Hall–Kier alpha value is -1.28. The molecule has 96 valence electrons. The molecule has 0 spiro atoms. The van der Waals surface area contributed by atoms with E-state index in [0.29, 0.717) is 6.04 Å². The van der Waals surface area contributed by atoms with Crippen molar-refractivity contribution in [2.75, 3.05) is 0 Å². The Labute approximate surface area is 108 Å². The summed E-state index contributed by atoms with van der Waals surface area (Å²) >= 11 is 0. The number of nitrogens with zero attached hydrogens (tertiary/aromatic N) is 1. The molecule has 0 aliphatic heterocycles. The van der Waals surface area contributed by atoms with E-state index in [1.165, 1.54) is 36.6 Å². The number of aromatic nitrogens is 1. The lowest BCUT2D eigenvalue weighted by Crippen LogP contribution is -2.15. The molecule has 1 aromatic heterocycles. The lowest BCUT2D eigenvalue weighted by molar-refractivity contribution is 0.0787. The summed E-state index contributed by atoms with van der Waals surface area (Å²) in [6, 6.07) is 9.13. The van der Waals surface area contributed by atoms with Crippen molar-refractivity contribution < 1.29 is 5.11 Å². The first kappa shape index (κ1) is 11.8. The highest BCUT2D eigenvalue weighted by molar-refractivity contribution is 5.81. The van der Waals surface area contributed by atoms with E-state index in [9.17, 15) is 5.11 Å². The first-order chi connectivity index (χ1) is 8.55. The fraction of sp³-hybridized carbons (Fsp3) is 0.500. The van der Waals surface area contributed by atoms with Crippen LogP contribution in [0, 0.1) is 0 Å². The number of aliphatic hydroxyl groups is 1. The summed E-state index contributed by atoms with van der Waals surface area (Å²) < 4.78 is 2.40. The van der Waals surface area contributed by atoms with Gasteiger partial charge in [0.05, 0.1) is 5.60 Å². The molecular weight excluding hydrogens is 222 g/mol. The largest absolute Gasteiger partial charge is 0.386 e. The van der Waals surface area contributed by atoms with Gasteiger partial charge in [0.2, 0.25) is 0 Å². The number of hydrogen-bond acceptors (Lipinski definition) is 1. The Kier molecular flexibility index (Phi) is 2.70. The monoisotopic (exact) mass is 243 g/mol. The van der Waals surface area contributed by atoms with Crippen LogP contribution in [0.2, 0.25) is 0 Å². The van der Waals surface area contributed by atoms with Gasteiger partial charge in [-0.3, -0.25) is 0 Å². The molecule has 1 fully saturated rings. The zero-order valence-electron chi connectivity index (χ0n) is 11.2.